The molecule has 112 valence electrons. The van der Waals surface area contributed by atoms with Gasteiger partial charge in [-0.1, -0.05) is 19.9 Å². The van der Waals surface area contributed by atoms with E-state index < -0.39 is 0 Å². The van der Waals surface area contributed by atoms with Crippen LogP contribution in [0.15, 0.2) is 30.5 Å². The van der Waals surface area contributed by atoms with E-state index >= 15 is 0 Å². The molecule has 0 aliphatic heterocycles. The fourth-order valence-corrected chi connectivity index (χ4v) is 2.70. The number of rotatable bonds is 7. The highest BCUT2D eigenvalue weighted by molar-refractivity contribution is 7.11. The van der Waals surface area contributed by atoms with Crippen LogP contribution in [0.5, 0.6) is 0 Å². The van der Waals surface area contributed by atoms with Gasteiger partial charge in [-0.25, -0.2) is 4.98 Å². The van der Waals surface area contributed by atoms with Gasteiger partial charge in [0.1, 0.15) is 0 Å². The fourth-order valence-electron chi connectivity index (χ4n) is 1.89. The van der Waals surface area contributed by atoms with Crippen LogP contribution in [0.2, 0.25) is 0 Å². The Morgan fingerprint density at radius 3 is 2.90 bits per heavy atom. The number of thiazole rings is 1. The quantitative estimate of drug-likeness (QED) is 0.823. The van der Waals surface area contributed by atoms with Gasteiger partial charge in [0.2, 0.25) is 0 Å². The molecule has 0 spiro atoms. The maximum Gasteiger partial charge on any atom is 0.251 e. The number of hydrogen-bond acceptors (Lipinski definition) is 4. The molecule has 0 aliphatic carbocycles. The Kier molecular flexibility index (Phi) is 5.75. The molecular weight excluding hydrogens is 282 g/mol. The smallest absolute Gasteiger partial charge is 0.251 e. The lowest BCUT2D eigenvalue weighted by Gasteiger charge is -2.07. The lowest BCUT2D eigenvalue weighted by molar-refractivity contribution is 0.0953. The average Bonchev–Trinajstić information content (AvgIpc) is 2.99. The monoisotopic (exact) mass is 303 g/mol. The zero-order chi connectivity index (χ0) is 15.1. The molecule has 0 atom stereocenters. The summed E-state index contributed by atoms with van der Waals surface area (Å²) in [4.78, 5) is 17.5. The van der Waals surface area contributed by atoms with Crippen molar-refractivity contribution in [3.05, 3.63) is 45.9 Å². The molecule has 1 aromatic heterocycles. The summed E-state index contributed by atoms with van der Waals surface area (Å²) in [6.45, 7) is 5.58. The number of carbonyl (C=O) groups is 1. The lowest BCUT2D eigenvalue weighted by Crippen LogP contribution is -2.23. The molecule has 2 aromatic rings. The fraction of sp³-hybridized carbons (Fsp3) is 0.375. The molecule has 5 heteroatoms. The highest BCUT2D eigenvalue weighted by atomic mass is 32.1. The Morgan fingerprint density at radius 1 is 1.33 bits per heavy atom. The van der Waals surface area contributed by atoms with E-state index in [4.69, 9.17) is 0 Å². The predicted octanol–water partition coefficient (Wildman–Crippen LogP) is 3.46. The maximum absolute atomic E-state index is 11.9. The SMILES string of the molecule is CCCNC(=O)c1cccc(NCc2cnc(CC)s2)c1. The number of amides is 1. The number of aromatic nitrogens is 1. The van der Waals surface area contributed by atoms with Crippen LogP contribution >= 0.6 is 11.3 Å². The van der Waals surface area contributed by atoms with E-state index in [0.29, 0.717) is 12.1 Å². The van der Waals surface area contributed by atoms with E-state index in [1.165, 1.54) is 4.88 Å². The van der Waals surface area contributed by atoms with Crippen LogP contribution in [0.1, 0.15) is 40.5 Å². The van der Waals surface area contributed by atoms with Crippen LogP contribution in [0.25, 0.3) is 0 Å². The summed E-state index contributed by atoms with van der Waals surface area (Å²) in [6, 6.07) is 7.58. The highest BCUT2D eigenvalue weighted by Crippen LogP contribution is 2.16. The molecule has 1 amide bonds. The number of hydrogen-bond donors (Lipinski definition) is 2. The summed E-state index contributed by atoms with van der Waals surface area (Å²) >= 11 is 1.72. The highest BCUT2D eigenvalue weighted by Gasteiger charge is 2.05. The third kappa shape index (κ3) is 4.56. The van der Waals surface area contributed by atoms with Gasteiger partial charge in [0.25, 0.3) is 5.91 Å². The van der Waals surface area contributed by atoms with Crippen molar-refractivity contribution in [2.75, 3.05) is 11.9 Å². The van der Waals surface area contributed by atoms with Crippen LogP contribution in [0, 0.1) is 0 Å². The zero-order valence-corrected chi connectivity index (χ0v) is 13.3. The molecule has 2 N–H and O–H groups in total. The van der Waals surface area contributed by atoms with E-state index in [0.717, 1.165) is 30.1 Å². The van der Waals surface area contributed by atoms with E-state index in [1.807, 2.05) is 37.4 Å². The second-order valence-corrected chi connectivity index (χ2v) is 5.96. The van der Waals surface area contributed by atoms with Gasteiger partial charge in [0, 0.05) is 28.9 Å². The van der Waals surface area contributed by atoms with Gasteiger partial charge < -0.3 is 10.6 Å². The normalized spacial score (nSPS) is 10.4. The molecule has 2 rings (SSSR count). The van der Waals surface area contributed by atoms with Crippen molar-refractivity contribution < 1.29 is 4.79 Å². The lowest BCUT2D eigenvalue weighted by atomic mass is 10.2. The van der Waals surface area contributed by atoms with Gasteiger partial charge in [-0.3, -0.25) is 4.79 Å². The minimum Gasteiger partial charge on any atom is -0.380 e. The van der Waals surface area contributed by atoms with Crippen molar-refractivity contribution >= 4 is 22.9 Å². The standard InChI is InChI=1S/C16H21N3OS/c1-3-8-17-16(20)12-6-5-7-13(9-12)18-10-14-11-19-15(4-2)21-14/h5-7,9,11,18H,3-4,8,10H2,1-2H3,(H,17,20). The summed E-state index contributed by atoms with van der Waals surface area (Å²) in [5.74, 6) is -0.0217. The summed E-state index contributed by atoms with van der Waals surface area (Å²) in [5.41, 5.74) is 1.64. The van der Waals surface area contributed by atoms with E-state index in [-0.39, 0.29) is 5.91 Å². The Bertz CT molecular complexity index is 595. The molecule has 1 heterocycles. The van der Waals surface area contributed by atoms with E-state index in [2.05, 4.69) is 22.5 Å². The first-order chi connectivity index (χ1) is 10.2. The van der Waals surface area contributed by atoms with Crippen molar-refractivity contribution in [3.63, 3.8) is 0 Å². The molecule has 21 heavy (non-hydrogen) atoms. The second kappa shape index (κ2) is 7.78. The summed E-state index contributed by atoms with van der Waals surface area (Å²) in [7, 11) is 0. The van der Waals surface area contributed by atoms with Crippen LogP contribution in [0.3, 0.4) is 0 Å². The molecule has 4 nitrogen and oxygen atoms in total. The number of aryl methyl sites for hydroxylation is 1. The minimum absolute atomic E-state index is 0.0217. The summed E-state index contributed by atoms with van der Waals surface area (Å²) < 4.78 is 0. The predicted molar refractivity (Wildman–Crippen MR) is 87.9 cm³/mol. The van der Waals surface area contributed by atoms with E-state index in [1.54, 1.807) is 11.3 Å². The third-order valence-electron chi connectivity index (χ3n) is 3.03. The first kappa shape index (κ1) is 15.5. The average molecular weight is 303 g/mol. The number of carbonyl (C=O) groups excluding carboxylic acids is 1. The van der Waals surface area contributed by atoms with E-state index in [9.17, 15) is 4.79 Å². The molecule has 0 fully saturated rings. The molecular formula is C16H21N3OS. The minimum atomic E-state index is -0.0217. The van der Waals surface area contributed by atoms with Gasteiger partial charge in [-0.05, 0) is 31.0 Å². The third-order valence-corrected chi connectivity index (χ3v) is 4.17. The first-order valence-electron chi connectivity index (χ1n) is 7.28. The molecule has 0 radical (unpaired) electrons. The topological polar surface area (TPSA) is 54.0 Å². The van der Waals surface area contributed by atoms with Crippen molar-refractivity contribution in [2.24, 2.45) is 0 Å². The first-order valence-corrected chi connectivity index (χ1v) is 8.10. The van der Waals surface area contributed by atoms with Gasteiger partial charge in [-0.15, -0.1) is 11.3 Å². The van der Waals surface area contributed by atoms with Crippen molar-refractivity contribution in [1.29, 1.82) is 0 Å². The molecule has 0 bridgehead atoms. The van der Waals surface area contributed by atoms with Gasteiger partial charge >= 0.3 is 0 Å². The van der Waals surface area contributed by atoms with Crippen LogP contribution < -0.4 is 10.6 Å². The molecule has 0 aliphatic rings. The molecule has 1 aromatic carbocycles. The van der Waals surface area contributed by atoms with Crippen molar-refractivity contribution in [2.45, 2.75) is 33.2 Å². The Hall–Kier alpha value is -1.88. The van der Waals surface area contributed by atoms with Crippen LogP contribution in [-0.2, 0) is 13.0 Å². The van der Waals surface area contributed by atoms with Gasteiger partial charge in [0.05, 0.1) is 11.6 Å². The summed E-state index contributed by atoms with van der Waals surface area (Å²) in [6.07, 6.45) is 3.82. The van der Waals surface area contributed by atoms with Crippen LogP contribution in [-0.4, -0.2) is 17.4 Å². The van der Waals surface area contributed by atoms with Crippen LogP contribution in [0.4, 0.5) is 5.69 Å². The maximum atomic E-state index is 11.9. The Morgan fingerprint density at radius 2 is 2.19 bits per heavy atom. The van der Waals surface area contributed by atoms with Gasteiger partial charge in [0.15, 0.2) is 0 Å². The second-order valence-electron chi connectivity index (χ2n) is 4.76. The van der Waals surface area contributed by atoms with Gasteiger partial charge in [-0.2, -0.15) is 0 Å². The number of anilines is 1. The molecule has 0 saturated carbocycles. The zero-order valence-electron chi connectivity index (χ0n) is 12.5. The molecule has 0 unspecified atom stereocenters. The van der Waals surface area contributed by atoms with Crippen molar-refractivity contribution in [1.82, 2.24) is 10.3 Å². The number of benzene rings is 1. The Labute approximate surface area is 129 Å². The van der Waals surface area contributed by atoms with Crippen molar-refractivity contribution in [3.8, 4) is 0 Å². The number of nitrogens with zero attached hydrogens (tertiary/aromatic N) is 1. The molecule has 0 saturated heterocycles. The number of nitrogens with one attached hydrogen (secondary N) is 2. The summed E-state index contributed by atoms with van der Waals surface area (Å²) in [5, 5.41) is 7.38. The Balaban J connectivity index is 1.95. The largest absolute Gasteiger partial charge is 0.380 e.